The molecule has 2 N–H and O–H groups in total. The maximum absolute atomic E-state index is 5.81. The Labute approximate surface area is 95.1 Å². The van der Waals surface area contributed by atoms with Gasteiger partial charge in [-0.2, -0.15) is 0 Å². The summed E-state index contributed by atoms with van der Waals surface area (Å²) in [6, 6.07) is -0.127. The summed E-state index contributed by atoms with van der Waals surface area (Å²) in [6.45, 7) is 5.70. The van der Waals surface area contributed by atoms with Gasteiger partial charge in [0.25, 0.3) is 0 Å². The Morgan fingerprint density at radius 3 is 3.12 bits per heavy atom. The summed E-state index contributed by atoms with van der Waals surface area (Å²) in [5.74, 6) is 1.26. The molecule has 2 heterocycles. The van der Waals surface area contributed by atoms with Crippen molar-refractivity contribution in [1.82, 2.24) is 20.2 Å². The topological polar surface area (TPSA) is 78.8 Å². The number of rotatable bonds is 4. The van der Waals surface area contributed by atoms with E-state index in [2.05, 4.69) is 22.4 Å². The zero-order chi connectivity index (χ0) is 11.5. The van der Waals surface area contributed by atoms with Crippen LogP contribution in [0.5, 0.6) is 0 Å². The highest BCUT2D eigenvalue weighted by molar-refractivity contribution is 4.89. The third-order valence-electron chi connectivity index (χ3n) is 3.12. The Morgan fingerprint density at radius 2 is 2.44 bits per heavy atom. The van der Waals surface area contributed by atoms with Gasteiger partial charge in [0.15, 0.2) is 5.82 Å². The van der Waals surface area contributed by atoms with E-state index >= 15 is 0 Å². The molecule has 16 heavy (non-hydrogen) atoms. The lowest BCUT2D eigenvalue weighted by atomic mass is 10.00. The quantitative estimate of drug-likeness (QED) is 0.807. The Kier molecular flexibility index (Phi) is 3.50. The van der Waals surface area contributed by atoms with Crippen LogP contribution in [0.2, 0.25) is 0 Å². The molecule has 1 aliphatic heterocycles. The predicted molar refractivity (Wildman–Crippen MR) is 58.6 cm³/mol. The van der Waals surface area contributed by atoms with Crippen molar-refractivity contribution >= 4 is 0 Å². The van der Waals surface area contributed by atoms with Gasteiger partial charge in [0.05, 0.1) is 18.7 Å². The van der Waals surface area contributed by atoms with Gasteiger partial charge in [-0.15, -0.1) is 5.10 Å². The average Bonchev–Trinajstić information content (AvgIpc) is 2.86. The van der Waals surface area contributed by atoms with Gasteiger partial charge >= 0.3 is 0 Å². The van der Waals surface area contributed by atoms with E-state index in [0.29, 0.717) is 12.0 Å². The zero-order valence-corrected chi connectivity index (χ0v) is 9.83. The Balaban J connectivity index is 2.05. The van der Waals surface area contributed by atoms with Gasteiger partial charge in [0, 0.05) is 12.5 Å². The lowest BCUT2D eigenvalue weighted by molar-refractivity contribution is 0.0821. The third-order valence-corrected chi connectivity index (χ3v) is 3.12. The van der Waals surface area contributed by atoms with Crippen LogP contribution in [0.1, 0.15) is 38.6 Å². The third kappa shape index (κ3) is 2.22. The van der Waals surface area contributed by atoms with Crippen LogP contribution < -0.4 is 5.73 Å². The summed E-state index contributed by atoms with van der Waals surface area (Å²) in [5, 5.41) is 11.6. The van der Waals surface area contributed by atoms with Crippen LogP contribution in [0.25, 0.3) is 0 Å². The molecule has 0 bridgehead atoms. The molecule has 0 radical (unpaired) electrons. The summed E-state index contributed by atoms with van der Waals surface area (Å²) < 4.78 is 7.46. The summed E-state index contributed by atoms with van der Waals surface area (Å²) in [7, 11) is 0. The van der Waals surface area contributed by atoms with Crippen LogP contribution in [0, 0.1) is 5.92 Å². The van der Waals surface area contributed by atoms with Crippen molar-refractivity contribution in [3.8, 4) is 0 Å². The minimum atomic E-state index is -0.127. The van der Waals surface area contributed by atoms with Crippen molar-refractivity contribution in [2.24, 2.45) is 11.7 Å². The maximum atomic E-state index is 5.81. The van der Waals surface area contributed by atoms with E-state index in [-0.39, 0.29) is 6.04 Å². The summed E-state index contributed by atoms with van der Waals surface area (Å²) in [4.78, 5) is 0. The normalized spacial score (nSPS) is 27.2. The minimum Gasteiger partial charge on any atom is -0.378 e. The fourth-order valence-corrected chi connectivity index (χ4v) is 2.24. The monoisotopic (exact) mass is 225 g/mol. The molecule has 0 spiro atoms. The molecule has 6 heteroatoms. The number of hydrogen-bond donors (Lipinski definition) is 1. The van der Waals surface area contributed by atoms with Crippen molar-refractivity contribution in [1.29, 1.82) is 0 Å². The van der Waals surface area contributed by atoms with Gasteiger partial charge in [0.1, 0.15) is 0 Å². The number of aromatic nitrogens is 4. The van der Waals surface area contributed by atoms with Crippen molar-refractivity contribution < 1.29 is 4.74 Å². The Hall–Kier alpha value is -1.01. The number of hydrogen-bond acceptors (Lipinski definition) is 5. The van der Waals surface area contributed by atoms with E-state index in [1.807, 2.05) is 11.6 Å². The first-order chi connectivity index (χ1) is 7.72. The molecule has 1 fully saturated rings. The molecule has 3 atom stereocenters. The summed E-state index contributed by atoms with van der Waals surface area (Å²) >= 11 is 0. The highest BCUT2D eigenvalue weighted by Gasteiger charge is 2.28. The molecule has 0 aliphatic carbocycles. The highest BCUT2D eigenvalue weighted by atomic mass is 16.5. The molecule has 2 rings (SSSR count). The van der Waals surface area contributed by atoms with Gasteiger partial charge in [-0.05, 0) is 30.2 Å². The second-order valence-electron chi connectivity index (χ2n) is 4.37. The Morgan fingerprint density at radius 1 is 1.62 bits per heavy atom. The lowest BCUT2D eigenvalue weighted by Gasteiger charge is -2.17. The van der Waals surface area contributed by atoms with Crippen LogP contribution in [0.4, 0.5) is 0 Å². The van der Waals surface area contributed by atoms with Gasteiger partial charge in [0.2, 0.25) is 0 Å². The molecule has 0 aromatic carbocycles. The van der Waals surface area contributed by atoms with Crippen LogP contribution in [-0.2, 0) is 11.3 Å². The molecule has 3 unspecified atom stereocenters. The number of nitrogens with two attached hydrogens (primary N) is 1. The molecule has 1 aromatic heterocycles. The maximum Gasteiger partial charge on any atom is 0.167 e. The molecule has 6 nitrogen and oxygen atoms in total. The number of ether oxygens (including phenoxy) is 1. The van der Waals surface area contributed by atoms with E-state index in [1.54, 1.807) is 0 Å². The van der Waals surface area contributed by atoms with Crippen molar-refractivity contribution in [3.05, 3.63) is 5.82 Å². The molecular weight excluding hydrogens is 206 g/mol. The van der Waals surface area contributed by atoms with Crippen LogP contribution >= 0.6 is 0 Å². The molecule has 1 saturated heterocycles. The van der Waals surface area contributed by atoms with E-state index in [4.69, 9.17) is 10.5 Å². The smallest absolute Gasteiger partial charge is 0.167 e. The highest BCUT2D eigenvalue weighted by Crippen LogP contribution is 2.25. The first kappa shape index (κ1) is 11.5. The SMILES string of the molecule is CCC1OCCC1Cn1nnnc1C(C)N. The predicted octanol–water partition coefficient (Wildman–Crippen LogP) is 0.508. The first-order valence-corrected chi connectivity index (χ1v) is 5.85. The van der Waals surface area contributed by atoms with Crippen LogP contribution in [0.3, 0.4) is 0 Å². The van der Waals surface area contributed by atoms with Crippen LogP contribution in [0.15, 0.2) is 0 Å². The number of nitrogens with zero attached hydrogens (tertiary/aromatic N) is 4. The van der Waals surface area contributed by atoms with Gasteiger partial charge in [-0.1, -0.05) is 6.92 Å². The molecule has 1 aliphatic rings. The molecule has 0 saturated carbocycles. The fourth-order valence-electron chi connectivity index (χ4n) is 2.24. The van der Waals surface area contributed by atoms with Crippen molar-refractivity contribution in [2.75, 3.05) is 6.61 Å². The zero-order valence-electron chi connectivity index (χ0n) is 9.83. The van der Waals surface area contributed by atoms with E-state index < -0.39 is 0 Å². The van der Waals surface area contributed by atoms with Crippen molar-refractivity contribution in [3.63, 3.8) is 0 Å². The second kappa shape index (κ2) is 4.88. The Bertz CT molecular complexity index is 338. The second-order valence-corrected chi connectivity index (χ2v) is 4.37. The summed E-state index contributed by atoms with van der Waals surface area (Å²) in [6.07, 6.45) is 2.46. The number of tetrazole rings is 1. The van der Waals surface area contributed by atoms with Gasteiger partial charge in [-0.3, -0.25) is 0 Å². The lowest BCUT2D eigenvalue weighted by Crippen LogP contribution is -2.23. The fraction of sp³-hybridized carbons (Fsp3) is 0.900. The summed E-state index contributed by atoms with van der Waals surface area (Å²) in [5.41, 5.74) is 5.81. The molecular formula is C10H19N5O. The standard InChI is InChI=1S/C10H19N5O/c1-3-9-8(4-5-16-9)6-15-10(7(2)11)12-13-14-15/h7-9H,3-6,11H2,1-2H3. The minimum absolute atomic E-state index is 0.127. The molecule has 90 valence electrons. The van der Waals surface area contributed by atoms with E-state index in [1.165, 1.54) is 0 Å². The van der Waals surface area contributed by atoms with Gasteiger partial charge in [-0.25, -0.2) is 4.68 Å². The molecule has 1 aromatic rings. The molecule has 0 amide bonds. The first-order valence-electron chi connectivity index (χ1n) is 5.85. The van der Waals surface area contributed by atoms with Crippen LogP contribution in [-0.4, -0.2) is 32.9 Å². The van der Waals surface area contributed by atoms with Crippen molar-refractivity contribution in [2.45, 2.75) is 45.4 Å². The van der Waals surface area contributed by atoms with Gasteiger partial charge < -0.3 is 10.5 Å². The largest absolute Gasteiger partial charge is 0.378 e. The van der Waals surface area contributed by atoms with E-state index in [9.17, 15) is 0 Å². The average molecular weight is 225 g/mol. The van der Waals surface area contributed by atoms with E-state index in [0.717, 1.165) is 31.8 Å².